The molecule has 2 aromatic carbocycles. The standard InChI is InChI=1S/C27H29ClN4O2/c28-21-10-8-20(9-11-21)25-18-23(22-6-1-2-7-24(22)29-25)27(34)32-15-5-12-30(16-17-32)19-26(33)31-13-3-4-14-31/h1-2,6-11,18H,3-5,12-17,19H2. The molecule has 2 amide bonds. The Labute approximate surface area is 205 Å². The van der Waals surface area contributed by atoms with Crippen molar-refractivity contribution in [2.75, 3.05) is 45.8 Å². The van der Waals surface area contributed by atoms with Crippen molar-refractivity contribution in [2.24, 2.45) is 0 Å². The third-order valence-corrected chi connectivity index (χ3v) is 7.03. The highest BCUT2D eigenvalue weighted by atomic mass is 35.5. The van der Waals surface area contributed by atoms with Crippen molar-refractivity contribution in [3.63, 3.8) is 0 Å². The number of carbonyl (C=O) groups is 2. The van der Waals surface area contributed by atoms with Gasteiger partial charge in [-0.2, -0.15) is 0 Å². The van der Waals surface area contributed by atoms with Crippen LogP contribution in [0.2, 0.25) is 5.02 Å². The summed E-state index contributed by atoms with van der Waals surface area (Å²) in [7, 11) is 0. The van der Waals surface area contributed by atoms with E-state index >= 15 is 0 Å². The third-order valence-electron chi connectivity index (χ3n) is 6.78. The smallest absolute Gasteiger partial charge is 0.254 e. The number of amides is 2. The maximum absolute atomic E-state index is 13.7. The van der Waals surface area contributed by atoms with Crippen molar-refractivity contribution in [2.45, 2.75) is 19.3 Å². The van der Waals surface area contributed by atoms with Gasteiger partial charge in [0.2, 0.25) is 5.91 Å². The molecule has 2 saturated heterocycles. The topological polar surface area (TPSA) is 56.8 Å². The zero-order valence-electron chi connectivity index (χ0n) is 19.3. The summed E-state index contributed by atoms with van der Waals surface area (Å²) in [5.41, 5.74) is 3.14. The molecule has 2 aliphatic heterocycles. The Hall–Kier alpha value is -2.96. The van der Waals surface area contributed by atoms with E-state index in [1.807, 2.05) is 64.4 Å². The summed E-state index contributed by atoms with van der Waals surface area (Å²) in [4.78, 5) is 37.2. The molecule has 6 nitrogen and oxygen atoms in total. The summed E-state index contributed by atoms with van der Waals surface area (Å²) in [6.45, 7) is 5.03. The van der Waals surface area contributed by atoms with Crippen molar-refractivity contribution in [3.05, 3.63) is 65.2 Å². The number of fused-ring (bicyclic) bond motifs is 1. The quantitative estimate of drug-likeness (QED) is 0.562. The van der Waals surface area contributed by atoms with Crippen LogP contribution in [0.1, 0.15) is 29.6 Å². The largest absolute Gasteiger partial charge is 0.342 e. The zero-order chi connectivity index (χ0) is 23.5. The van der Waals surface area contributed by atoms with Crippen LogP contribution in [0.15, 0.2) is 54.6 Å². The fourth-order valence-electron chi connectivity index (χ4n) is 4.88. The summed E-state index contributed by atoms with van der Waals surface area (Å²) >= 11 is 6.06. The first-order valence-electron chi connectivity index (χ1n) is 12.0. The van der Waals surface area contributed by atoms with Crippen molar-refractivity contribution >= 4 is 34.3 Å². The van der Waals surface area contributed by atoms with E-state index in [4.69, 9.17) is 16.6 Å². The fourth-order valence-corrected chi connectivity index (χ4v) is 5.01. The van der Waals surface area contributed by atoms with Crippen LogP contribution in [0.5, 0.6) is 0 Å². The van der Waals surface area contributed by atoms with Gasteiger partial charge < -0.3 is 9.80 Å². The fraction of sp³-hybridized carbons (Fsp3) is 0.370. The molecule has 0 N–H and O–H groups in total. The molecule has 0 atom stereocenters. The maximum Gasteiger partial charge on any atom is 0.254 e. The number of hydrogen-bond donors (Lipinski definition) is 0. The van der Waals surface area contributed by atoms with E-state index in [2.05, 4.69) is 4.90 Å². The number of hydrogen-bond acceptors (Lipinski definition) is 4. The van der Waals surface area contributed by atoms with Gasteiger partial charge in [0.05, 0.1) is 23.3 Å². The van der Waals surface area contributed by atoms with Crippen molar-refractivity contribution in [3.8, 4) is 11.3 Å². The molecule has 0 spiro atoms. The monoisotopic (exact) mass is 476 g/mol. The molecule has 3 heterocycles. The first kappa shape index (κ1) is 22.8. The predicted octanol–water partition coefficient (Wildman–Crippen LogP) is 4.33. The normalized spacial score (nSPS) is 17.2. The third kappa shape index (κ3) is 4.93. The summed E-state index contributed by atoms with van der Waals surface area (Å²) in [5, 5.41) is 1.52. The van der Waals surface area contributed by atoms with Gasteiger partial charge in [-0.25, -0.2) is 4.98 Å². The van der Waals surface area contributed by atoms with E-state index < -0.39 is 0 Å². The minimum absolute atomic E-state index is 0.0153. The van der Waals surface area contributed by atoms with Crippen LogP contribution in [-0.4, -0.2) is 77.3 Å². The number of aromatic nitrogens is 1. The van der Waals surface area contributed by atoms with Crippen LogP contribution >= 0.6 is 11.6 Å². The molecule has 3 aromatic rings. The lowest BCUT2D eigenvalue weighted by molar-refractivity contribution is -0.131. The van der Waals surface area contributed by atoms with Gasteiger partial charge in [0.15, 0.2) is 0 Å². The molecule has 0 bridgehead atoms. The number of benzene rings is 2. The number of para-hydroxylation sites is 1. The molecule has 0 saturated carbocycles. The van der Waals surface area contributed by atoms with E-state index in [9.17, 15) is 9.59 Å². The van der Waals surface area contributed by atoms with Gasteiger partial charge >= 0.3 is 0 Å². The highest BCUT2D eigenvalue weighted by Gasteiger charge is 2.25. The van der Waals surface area contributed by atoms with E-state index in [1.54, 1.807) is 0 Å². The van der Waals surface area contributed by atoms with Crippen LogP contribution in [0.3, 0.4) is 0 Å². The lowest BCUT2D eigenvalue weighted by atomic mass is 10.0. The molecule has 0 aliphatic carbocycles. The Morgan fingerprint density at radius 2 is 1.56 bits per heavy atom. The lowest BCUT2D eigenvalue weighted by Gasteiger charge is -2.24. The second-order valence-electron chi connectivity index (χ2n) is 9.09. The van der Waals surface area contributed by atoms with E-state index in [0.717, 1.165) is 61.1 Å². The number of rotatable bonds is 4. The van der Waals surface area contributed by atoms with Crippen LogP contribution in [0.4, 0.5) is 0 Å². The Kier molecular flexibility index (Phi) is 6.79. The highest BCUT2D eigenvalue weighted by molar-refractivity contribution is 6.30. The molecule has 7 heteroatoms. The molecule has 0 radical (unpaired) electrons. The molecule has 5 rings (SSSR count). The highest BCUT2D eigenvalue weighted by Crippen LogP contribution is 2.27. The van der Waals surface area contributed by atoms with Gasteiger partial charge in [-0.15, -0.1) is 0 Å². The molecule has 2 fully saturated rings. The second-order valence-corrected chi connectivity index (χ2v) is 9.53. The minimum atomic E-state index is 0.0153. The molecule has 176 valence electrons. The van der Waals surface area contributed by atoms with Crippen molar-refractivity contribution < 1.29 is 9.59 Å². The van der Waals surface area contributed by atoms with Gasteiger partial charge in [-0.1, -0.05) is 41.9 Å². The molecular formula is C27H29ClN4O2. The van der Waals surface area contributed by atoms with E-state index in [0.29, 0.717) is 36.8 Å². The van der Waals surface area contributed by atoms with Gasteiger partial charge in [-0.3, -0.25) is 14.5 Å². The summed E-state index contributed by atoms with van der Waals surface area (Å²) in [6, 6.07) is 17.2. The Morgan fingerprint density at radius 3 is 2.35 bits per heavy atom. The lowest BCUT2D eigenvalue weighted by Crippen LogP contribution is -2.41. The molecular weight excluding hydrogens is 448 g/mol. The van der Waals surface area contributed by atoms with Crippen LogP contribution < -0.4 is 0 Å². The molecule has 34 heavy (non-hydrogen) atoms. The maximum atomic E-state index is 13.7. The van der Waals surface area contributed by atoms with Crippen molar-refractivity contribution in [1.82, 2.24) is 19.7 Å². The first-order valence-corrected chi connectivity index (χ1v) is 12.4. The van der Waals surface area contributed by atoms with E-state index in [1.165, 1.54) is 0 Å². The van der Waals surface area contributed by atoms with Gasteiger partial charge in [-0.05, 0) is 43.5 Å². The average molecular weight is 477 g/mol. The first-order chi connectivity index (χ1) is 16.6. The zero-order valence-corrected chi connectivity index (χ0v) is 20.0. The number of nitrogens with zero attached hydrogens (tertiary/aromatic N) is 4. The average Bonchev–Trinajstić information content (AvgIpc) is 3.31. The number of likely N-dealkylation sites (tertiary alicyclic amines) is 1. The van der Waals surface area contributed by atoms with Crippen LogP contribution in [0.25, 0.3) is 22.2 Å². The second kappa shape index (κ2) is 10.1. The Bertz CT molecular complexity index is 1190. The molecule has 2 aliphatic rings. The van der Waals surface area contributed by atoms with Gasteiger partial charge in [0.1, 0.15) is 0 Å². The number of pyridine rings is 1. The van der Waals surface area contributed by atoms with Crippen LogP contribution in [-0.2, 0) is 4.79 Å². The minimum Gasteiger partial charge on any atom is -0.342 e. The Morgan fingerprint density at radius 1 is 0.824 bits per heavy atom. The predicted molar refractivity (Wildman–Crippen MR) is 135 cm³/mol. The van der Waals surface area contributed by atoms with Gasteiger partial charge in [0, 0.05) is 55.2 Å². The van der Waals surface area contributed by atoms with Gasteiger partial charge in [0.25, 0.3) is 5.91 Å². The van der Waals surface area contributed by atoms with E-state index in [-0.39, 0.29) is 11.8 Å². The molecule has 0 unspecified atom stereocenters. The van der Waals surface area contributed by atoms with Crippen LogP contribution in [0, 0.1) is 0 Å². The SMILES string of the molecule is O=C(CN1CCCN(C(=O)c2cc(-c3ccc(Cl)cc3)nc3ccccc23)CC1)N1CCCC1. The molecule has 1 aromatic heterocycles. The number of halogens is 1. The number of carbonyl (C=O) groups excluding carboxylic acids is 2. The summed E-state index contributed by atoms with van der Waals surface area (Å²) in [6.07, 6.45) is 3.06. The summed E-state index contributed by atoms with van der Waals surface area (Å²) < 4.78 is 0. The summed E-state index contributed by atoms with van der Waals surface area (Å²) in [5.74, 6) is 0.228. The van der Waals surface area contributed by atoms with Crippen molar-refractivity contribution in [1.29, 1.82) is 0 Å². The Balaban J connectivity index is 1.36.